The van der Waals surface area contributed by atoms with Crippen LogP contribution in [0.4, 0.5) is 16.2 Å². The zero-order valence-electron chi connectivity index (χ0n) is 12.8. The van der Waals surface area contributed by atoms with Crippen molar-refractivity contribution in [2.24, 2.45) is 0 Å². The Labute approximate surface area is 135 Å². The van der Waals surface area contributed by atoms with Crippen molar-refractivity contribution >= 4 is 17.4 Å². The molecule has 0 bridgehead atoms. The number of aliphatic hydroxyl groups is 1. The van der Waals surface area contributed by atoms with Crippen molar-refractivity contribution in [3.05, 3.63) is 54.4 Å². The van der Waals surface area contributed by atoms with E-state index in [0.29, 0.717) is 12.2 Å². The number of amides is 2. The number of anilines is 2. The molecule has 2 heterocycles. The largest absolute Gasteiger partial charge is 0.392 e. The van der Waals surface area contributed by atoms with Crippen molar-refractivity contribution in [2.75, 3.05) is 23.7 Å². The molecular weight excluding hydrogens is 292 g/mol. The van der Waals surface area contributed by atoms with Crippen molar-refractivity contribution < 1.29 is 9.90 Å². The van der Waals surface area contributed by atoms with E-state index >= 15 is 0 Å². The Morgan fingerprint density at radius 2 is 2.09 bits per heavy atom. The average molecular weight is 312 g/mol. The van der Waals surface area contributed by atoms with Gasteiger partial charge >= 0.3 is 6.03 Å². The first-order valence-electron chi connectivity index (χ1n) is 7.66. The summed E-state index contributed by atoms with van der Waals surface area (Å²) in [7, 11) is 0. The van der Waals surface area contributed by atoms with Crippen LogP contribution in [0.3, 0.4) is 0 Å². The van der Waals surface area contributed by atoms with E-state index in [1.807, 2.05) is 24.3 Å². The fraction of sp³-hybridized carbons (Fsp3) is 0.294. The van der Waals surface area contributed by atoms with Gasteiger partial charge in [0, 0.05) is 31.5 Å². The minimum absolute atomic E-state index is 0.221. The van der Waals surface area contributed by atoms with Gasteiger partial charge < -0.3 is 15.7 Å². The van der Waals surface area contributed by atoms with E-state index in [1.54, 1.807) is 24.5 Å². The van der Waals surface area contributed by atoms with Crippen LogP contribution in [0.1, 0.15) is 12.0 Å². The van der Waals surface area contributed by atoms with E-state index in [-0.39, 0.29) is 12.1 Å². The molecule has 1 aliphatic rings. The fourth-order valence-corrected chi connectivity index (χ4v) is 2.69. The number of carbonyl (C=O) groups excluding carboxylic acids is 1. The Hall–Kier alpha value is -2.44. The first-order valence-corrected chi connectivity index (χ1v) is 7.66. The molecule has 0 aliphatic carbocycles. The van der Waals surface area contributed by atoms with Gasteiger partial charge in [0.1, 0.15) is 0 Å². The normalized spacial score (nSPS) is 17.9. The van der Waals surface area contributed by atoms with Crippen LogP contribution >= 0.6 is 0 Å². The number of likely N-dealkylation sites (tertiary alicyclic amines) is 1. The number of pyridine rings is 1. The van der Waals surface area contributed by atoms with E-state index in [9.17, 15) is 9.90 Å². The summed E-state index contributed by atoms with van der Waals surface area (Å²) in [6, 6.07) is 11.0. The number of benzene rings is 1. The molecule has 120 valence electrons. The van der Waals surface area contributed by atoms with E-state index in [2.05, 4.69) is 20.5 Å². The zero-order chi connectivity index (χ0) is 16.1. The predicted molar refractivity (Wildman–Crippen MR) is 89.2 cm³/mol. The van der Waals surface area contributed by atoms with Crippen LogP contribution in [0, 0.1) is 0 Å². The second-order valence-electron chi connectivity index (χ2n) is 5.70. The van der Waals surface area contributed by atoms with E-state index in [4.69, 9.17) is 0 Å². The molecule has 1 fully saturated rings. The molecule has 2 amide bonds. The summed E-state index contributed by atoms with van der Waals surface area (Å²) in [5, 5.41) is 15.1. The Bertz CT molecular complexity index is 663. The highest BCUT2D eigenvalue weighted by Gasteiger charge is 2.19. The van der Waals surface area contributed by atoms with Crippen LogP contribution in [0.25, 0.3) is 0 Å². The number of rotatable bonds is 4. The average Bonchev–Trinajstić information content (AvgIpc) is 2.93. The van der Waals surface area contributed by atoms with Gasteiger partial charge in [-0.2, -0.15) is 0 Å². The van der Waals surface area contributed by atoms with Crippen LogP contribution in [-0.4, -0.2) is 40.2 Å². The summed E-state index contributed by atoms with van der Waals surface area (Å²) in [6.45, 7) is 2.39. The van der Waals surface area contributed by atoms with Gasteiger partial charge in [-0.05, 0) is 36.2 Å². The molecule has 1 aliphatic heterocycles. The molecule has 6 heteroatoms. The smallest absolute Gasteiger partial charge is 0.323 e. The molecule has 6 nitrogen and oxygen atoms in total. The number of nitrogens with zero attached hydrogens (tertiary/aromatic N) is 2. The maximum atomic E-state index is 12.0. The van der Waals surface area contributed by atoms with Gasteiger partial charge in [-0.3, -0.25) is 9.88 Å². The van der Waals surface area contributed by atoms with Gasteiger partial charge in [-0.25, -0.2) is 4.79 Å². The molecule has 23 heavy (non-hydrogen) atoms. The molecule has 0 spiro atoms. The topological polar surface area (TPSA) is 77.5 Å². The van der Waals surface area contributed by atoms with Crippen LogP contribution in [0.15, 0.2) is 48.8 Å². The van der Waals surface area contributed by atoms with E-state index in [1.165, 1.54) is 0 Å². The van der Waals surface area contributed by atoms with Crippen molar-refractivity contribution in [1.29, 1.82) is 0 Å². The molecule has 3 rings (SSSR count). The van der Waals surface area contributed by atoms with E-state index in [0.717, 1.165) is 30.8 Å². The minimum atomic E-state index is -0.299. The number of hydrogen-bond donors (Lipinski definition) is 3. The van der Waals surface area contributed by atoms with Crippen LogP contribution < -0.4 is 10.6 Å². The van der Waals surface area contributed by atoms with Crippen molar-refractivity contribution in [3.8, 4) is 0 Å². The third kappa shape index (κ3) is 4.51. The lowest BCUT2D eigenvalue weighted by molar-refractivity contribution is 0.175. The zero-order valence-corrected chi connectivity index (χ0v) is 12.8. The quantitative estimate of drug-likeness (QED) is 0.809. The number of aromatic nitrogens is 1. The van der Waals surface area contributed by atoms with Crippen molar-refractivity contribution in [1.82, 2.24) is 9.88 Å². The van der Waals surface area contributed by atoms with Crippen molar-refractivity contribution in [2.45, 2.75) is 19.1 Å². The summed E-state index contributed by atoms with van der Waals surface area (Å²) in [5.41, 5.74) is 2.49. The minimum Gasteiger partial charge on any atom is -0.392 e. The summed E-state index contributed by atoms with van der Waals surface area (Å²) in [4.78, 5) is 18.1. The maximum Gasteiger partial charge on any atom is 0.323 e. The second-order valence-corrected chi connectivity index (χ2v) is 5.70. The predicted octanol–water partition coefficient (Wildman–Crippen LogP) is 2.29. The first kappa shape index (κ1) is 15.5. The Morgan fingerprint density at radius 1 is 1.26 bits per heavy atom. The molecule has 2 aromatic rings. The van der Waals surface area contributed by atoms with Crippen molar-refractivity contribution in [3.63, 3.8) is 0 Å². The lowest BCUT2D eigenvalue weighted by Gasteiger charge is -2.15. The lowest BCUT2D eigenvalue weighted by atomic mass is 10.2. The molecule has 1 aromatic carbocycles. The fourth-order valence-electron chi connectivity index (χ4n) is 2.69. The highest BCUT2D eigenvalue weighted by atomic mass is 16.3. The van der Waals surface area contributed by atoms with Crippen LogP contribution in [-0.2, 0) is 6.54 Å². The summed E-state index contributed by atoms with van der Waals surface area (Å²) >= 11 is 0. The summed E-state index contributed by atoms with van der Waals surface area (Å²) in [6.07, 6.45) is 3.85. The Balaban J connectivity index is 1.57. The summed E-state index contributed by atoms with van der Waals surface area (Å²) < 4.78 is 0. The van der Waals surface area contributed by atoms with Crippen LogP contribution in [0.5, 0.6) is 0 Å². The highest BCUT2D eigenvalue weighted by molar-refractivity contribution is 5.99. The van der Waals surface area contributed by atoms with Gasteiger partial charge in [-0.15, -0.1) is 0 Å². The Morgan fingerprint density at radius 3 is 2.83 bits per heavy atom. The monoisotopic (exact) mass is 312 g/mol. The molecule has 0 radical (unpaired) electrons. The standard InChI is InChI=1S/C17H20N4O2/c22-16-6-8-21(12-16)11-13-3-1-4-14(9-13)19-17(23)20-15-5-2-7-18-10-15/h1-5,7,9-10,16,22H,6,8,11-12H2,(H2,19,20,23). The number of nitrogens with one attached hydrogen (secondary N) is 2. The number of carbonyl (C=O) groups is 1. The third-order valence-corrected chi connectivity index (χ3v) is 3.76. The second kappa shape index (κ2) is 7.21. The summed E-state index contributed by atoms with van der Waals surface area (Å²) in [5.74, 6) is 0. The molecule has 1 unspecified atom stereocenters. The molecular formula is C17H20N4O2. The number of β-amino-alcohol motifs (C(OH)–C–C–N with tert-alkyl or cyclic N) is 1. The van der Waals surface area contributed by atoms with E-state index < -0.39 is 0 Å². The first-order chi connectivity index (χ1) is 11.2. The van der Waals surface area contributed by atoms with Gasteiger partial charge in [0.05, 0.1) is 18.0 Å². The highest BCUT2D eigenvalue weighted by Crippen LogP contribution is 2.17. The number of hydrogen-bond acceptors (Lipinski definition) is 4. The molecule has 1 atom stereocenters. The van der Waals surface area contributed by atoms with Gasteiger partial charge in [0.2, 0.25) is 0 Å². The maximum absolute atomic E-state index is 12.0. The Kier molecular flexibility index (Phi) is 4.85. The van der Waals surface area contributed by atoms with Gasteiger partial charge in [0.25, 0.3) is 0 Å². The van der Waals surface area contributed by atoms with Crippen LogP contribution in [0.2, 0.25) is 0 Å². The lowest BCUT2D eigenvalue weighted by Crippen LogP contribution is -2.22. The van der Waals surface area contributed by atoms with Gasteiger partial charge in [0.15, 0.2) is 0 Å². The molecule has 1 saturated heterocycles. The molecule has 3 N–H and O–H groups in total. The van der Waals surface area contributed by atoms with Gasteiger partial charge in [-0.1, -0.05) is 12.1 Å². The third-order valence-electron chi connectivity index (χ3n) is 3.76. The molecule has 1 aromatic heterocycles. The number of aliphatic hydroxyl groups excluding tert-OH is 1. The number of urea groups is 1. The molecule has 0 saturated carbocycles. The SMILES string of the molecule is O=C(Nc1cccnc1)Nc1cccc(CN2CCC(O)C2)c1.